The smallest absolute Gasteiger partial charge is 0.274 e. The highest BCUT2D eigenvalue weighted by molar-refractivity contribution is 5.94. The van der Waals surface area contributed by atoms with E-state index in [-0.39, 0.29) is 11.8 Å². The summed E-state index contributed by atoms with van der Waals surface area (Å²) in [5, 5.41) is 6.89. The number of carbonyl (C=O) groups is 2. The molecule has 0 bridgehead atoms. The van der Waals surface area contributed by atoms with Crippen molar-refractivity contribution in [2.24, 2.45) is 5.41 Å². The molecule has 0 radical (unpaired) electrons. The molecule has 2 aliphatic heterocycles. The Balaban J connectivity index is 1.47. The molecule has 1 atom stereocenters. The Kier molecular flexibility index (Phi) is 4.83. The molecule has 28 heavy (non-hydrogen) atoms. The van der Waals surface area contributed by atoms with E-state index in [2.05, 4.69) is 10.2 Å². The maximum absolute atomic E-state index is 13.4. The minimum Gasteiger partial charge on any atom is -0.497 e. The summed E-state index contributed by atoms with van der Waals surface area (Å²) in [4.78, 5) is 29.8. The van der Waals surface area contributed by atoms with Crippen LogP contribution < -0.4 is 4.74 Å². The number of ether oxygens (including phenoxy) is 1. The van der Waals surface area contributed by atoms with Gasteiger partial charge in [0.05, 0.1) is 12.5 Å². The summed E-state index contributed by atoms with van der Waals surface area (Å²) in [6.07, 6.45) is 2.51. The molecule has 2 fully saturated rings. The van der Waals surface area contributed by atoms with Crippen LogP contribution in [0.15, 0.2) is 30.3 Å². The Bertz CT molecular complexity index is 893. The van der Waals surface area contributed by atoms with Gasteiger partial charge >= 0.3 is 0 Å². The second-order valence-corrected chi connectivity index (χ2v) is 7.88. The minimum absolute atomic E-state index is 0.0982. The number of aromatic nitrogens is 2. The number of nitrogens with zero attached hydrogens (tertiary/aromatic N) is 3. The molecular weight excluding hydrogens is 356 g/mol. The van der Waals surface area contributed by atoms with E-state index in [1.165, 1.54) is 0 Å². The van der Waals surface area contributed by atoms with Crippen LogP contribution in [0.1, 0.15) is 41.0 Å². The number of hydrogen-bond acceptors (Lipinski definition) is 4. The highest BCUT2D eigenvalue weighted by Crippen LogP contribution is 2.41. The lowest BCUT2D eigenvalue weighted by molar-refractivity contribution is -0.146. The van der Waals surface area contributed by atoms with Crippen LogP contribution >= 0.6 is 0 Å². The van der Waals surface area contributed by atoms with Crippen LogP contribution in [-0.2, 0) is 11.3 Å². The number of amides is 2. The van der Waals surface area contributed by atoms with Crippen molar-refractivity contribution in [2.75, 3.05) is 26.7 Å². The molecule has 0 aliphatic carbocycles. The summed E-state index contributed by atoms with van der Waals surface area (Å²) in [5.41, 5.74) is 1.88. The van der Waals surface area contributed by atoms with Gasteiger partial charge in [-0.3, -0.25) is 14.7 Å². The second kappa shape index (κ2) is 7.30. The third kappa shape index (κ3) is 3.37. The van der Waals surface area contributed by atoms with Crippen LogP contribution in [0.5, 0.6) is 5.75 Å². The lowest BCUT2D eigenvalue weighted by Crippen LogP contribution is -2.50. The SMILES string of the molecule is COc1cccc(CN2CCCC3(CCN(C(=O)c4cc(C)[nH]n4)C3)C2=O)c1. The maximum Gasteiger partial charge on any atom is 0.274 e. The average Bonchev–Trinajstić information content (AvgIpc) is 3.33. The zero-order valence-corrected chi connectivity index (χ0v) is 16.4. The van der Waals surface area contributed by atoms with Gasteiger partial charge in [-0.2, -0.15) is 5.10 Å². The quantitative estimate of drug-likeness (QED) is 0.881. The van der Waals surface area contributed by atoms with E-state index in [4.69, 9.17) is 4.74 Å². The molecule has 7 heteroatoms. The molecule has 0 saturated carbocycles. The number of benzene rings is 1. The molecule has 2 aromatic rings. The lowest BCUT2D eigenvalue weighted by atomic mass is 9.78. The van der Waals surface area contributed by atoms with Gasteiger partial charge in [-0.05, 0) is 49.9 Å². The third-order valence-electron chi connectivity index (χ3n) is 5.90. The van der Waals surface area contributed by atoms with Gasteiger partial charge in [-0.25, -0.2) is 0 Å². The van der Waals surface area contributed by atoms with Crippen molar-refractivity contribution in [1.82, 2.24) is 20.0 Å². The molecule has 2 saturated heterocycles. The summed E-state index contributed by atoms with van der Waals surface area (Å²) >= 11 is 0. The molecule has 1 spiro atoms. The fourth-order valence-corrected chi connectivity index (χ4v) is 4.41. The normalized spacial score (nSPS) is 22.1. The zero-order valence-electron chi connectivity index (χ0n) is 16.4. The van der Waals surface area contributed by atoms with E-state index in [1.54, 1.807) is 18.1 Å². The standard InChI is InChI=1S/C21H26N4O3/c1-15-11-18(23-22-15)19(26)25-10-8-21(14-25)7-4-9-24(20(21)27)13-16-5-3-6-17(12-16)28-2/h3,5-6,11-12H,4,7-10,13-14H2,1-2H3,(H,22,23). The number of aryl methyl sites for hydroxylation is 1. The molecule has 1 aromatic heterocycles. The molecule has 1 aromatic carbocycles. The topological polar surface area (TPSA) is 78.5 Å². The number of methoxy groups -OCH3 is 1. The van der Waals surface area contributed by atoms with Crippen LogP contribution in [0.2, 0.25) is 0 Å². The Morgan fingerprint density at radius 2 is 2.14 bits per heavy atom. The third-order valence-corrected chi connectivity index (χ3v) is 5.90. The summed E-state index contributed by atoms with van der Waals surface area (Å²) in [5.74, 6) is 0.859. The molecule has 148 valence electrons. The van der Waals surface area contributed by atoms with Gasteiger partial charge < -0.3 is 14.5 Å². The number of likely N-dealkylation sites (tertiary alicyclic amines) is 2. The van der Waals surface area contributed by atoms with Gasteiger partial charge in [0, 0.05) is 31.9 Å². The molecule has 1 N–H and O–H groups in total. The first kappa shape index (κ1) is 18.5. The first-order chi connectivity index (χ1) is 13.5. The van der Waals surface area contributed by atoms with E-state index in [0.29, 0.717) is 25.3 Å². The number of rotatable bonds is 4. The van der Waals surface area contributed by atoms with Crippen LogP contribution in [0.25, 0.3) is 0 Å². The monoisotopic (exact) mass is 382 g/mol. The highest BCUT2D eigenvalue weighted by Gasteiger charge is 2.49. The van der Waals surface area contributed by atoms with Crippen molar-refractivity contribution in [3.05, 3.63) is 47.3 Å². The molecular formula is C21H26N4O3. The predicted octanol–water partition coefficient (Wildman–Crippen LogP) is 2.38. The van der Waals surface area contributed by atoms with E-state index in [0.717, 1.165) is 42.8 Å². The Morgan fingerprint density at radius 3 is 2.89 bits per heavy atom. The zero-order chi connectivity index (χ0) is 19.7. The van der Waals surface area contributed by atoms with Crippen molar-refractivity contribution >= 4 is 11.8 Å². The minimum atomic E-state index is -0.460. The Hall–Kier alpha value is -2.83. The van der Waals surface area contributed by atoms with Gasteiger partial charge in [0.25, 0.3) is 5.91 Å². The molecule has 7 nitrogen and oxygen atoms in total. The van der Waals surface area contributed by atoms with Crippen molar-refractivity contribution in [3.63, 3.8) is 0 Å². The molecule has 2 amide bonds. The lowest BCUT2D eigenvalue weighted by Gasteiger charge is -2.39. The molecule has 4 rings (SSSR count). The van der Waals surface area contributed by atoms with E-state index in [1.807, 2.05) is 36.1 Å². The summed E-state index contributed by atoms with van der Waals surface area (Å²) < 4.78 is 5.29. The van der Waals surface area contributed by atoms with Gasteiger partial charge in [-0.15, -0.1) is 0 Å². The summed E-state index contributed by atoms with van der Waals surface area (Å²) in [6.45, 7) is 4.28. The number of aromatic amines is 1. The largest absolute Gasteiger partial charge is 0.497 e. The average molecular weight is 382 g/mol. The fourth-order valence-electron chi connectivity index (χ4n) is 4.41. The van der Waals surface area contributed by atoms with Gasteiger partial charge in [0.2, 0.25) is 5.91 Å². The summed E-state index contributed by atoms with van der Waals surface area (Å²) in [7, 11) is 1.64. The van der Waals surface area contributed by atoms with Crippen molar-refractivity contribution in [3.8, 4) is 5.75 Å². The first-order valence-electron chi connectivity index (χ1n) is 9.74. The molecule has 3 heterocycles. The first-order valence-corrected chi connectivity index (χ1v) is 9.74. The van der Waals surface area contributed by atoms with Crippen LogP contribution in [0.4, 0.5) is 0 Å². The number of piperidine rings is 1. The van der Waals surface area contributed by atoms with Gasteiger partial charge in [-0.1, -0.05) is 12.1 Å². The molecule has 1 unspecified atom stereocenters. The number of hydrogen-bond donors (Lipinski definition) is 1. The van der Waals surface area contributed by atoms with Gasteiger partial charge in [0.1, 0.15) is 11.4 Å². The molecule has 2 aliphatic rings. The maximum atomic E-state index is 13.4. The Morgan fingerprint density at radius 1 is 1.29 bits per heavy atom. The van der Waals surface area contributed by atoms with Crippen molar-refractivity contribution < 1.29 is 14.3 Å². The van der Waals surface area contributed by atoms with E-state index < -0.39 is 5.41 Å². The highest BCUT2D eigenvalue weighted by atomic mass is 16.5. The van der Waals surface area contributed by atoms with E-state index >= 15 is 0 Å². The van der Waals surface area contributed by atoms with Crippen LogP contribution in [0, 0.1) is 12.3 Å². The van der Waals surface area contributed by atoms with Crippen LogP contribution in [-0.4, -0.2) is 58.6 Å². The summed E-state index contributed by atoms with van der Waals surface area (Å²) in [6, 6.07) is 9.59. The number of carbonyl (C=O) groups excluding carboxylic acids is 2. The second-order valence-electron chi connectivity index (χ2n) is 7.88. The number of H-pyrrole nitrogens is 1. The number of nitrogens with one attached hydrogen (secondary N) is 1. The fraction of sp³-hybridized carbons (Fsp3) is 0.476. The van der Waals surface area contributed by atoms with Crippen molar-refractivity contribution in [1.29, 1.82) is 0 Å². The van der Waals surface area contributed by atoms with Gasteiger partial charge in [0.15, 0.2) is 0 Å². The van der Waals surface area contributed by atoms with E-state index in [9.17, 15) is 9.59 Å². The van der Waals surface area contributed by atoms with Crippen molar-refractivity contribution in [2.45, 2.75) is 32.7 Å². The van der Waals surface area contributed by atoms with Crippen LogP contribution in [0.3, 0.4) is 0 Å². The Labute approximate surface area is 164 Å². The predicted molar refractivity (Wildman–Crippen MR) is 104 cm³/mol.